The van der Waals surface area contributed by atoms with Crippen LogP contribution in [0, 0.1) is 17.5 Å². The average molecular weight is 341 g/mol. The molecule has 0 aliphatic rings. The zero-order chi connectivity index (χ0) is 14.3. The molecule has 3 aromatic rings. The van der Waals surface area contributed by atoms with Gasteiger partial charge < -0.3 is 4.98 Å². The molecule has 0 atom stereocenters. The highest BCUT2D eigenvalue weighted by molar-refractivity contribution is 9.10. The molecule has 0 aliphatic carbocycles. The summed E-state index contributed by atoms with van der Waals surface area (Å²) in [4.78, 5) is 7.25. The van der Waals surface area contributed by atoms with Crippen molar-refractivity contribution in [3.8, 4) is 0 Å². The van der Waals surface area contributed by atoms with Crippen molar-refractivity contribution in [2.24, 2.45) is 0 Å². The molecule has 0 saturated carbocycles. The summed E-state index contributed by atoms with van der Waals surface area (Å²) in [6.07, 6.45) is 0.311. The molecule has 1 heterocycles. The fourth-order valence-electron chi connectivity index (χ4n) is 1.98. The van der Waals surface area contributed by atoms with E-state index in [0.717, 1.165) is 12.1 Å². The van der Waals surface area contributed by atoms with Crippen LogP contribution in [0.3, 0.4) is 0 Å². The van der Waals surface area contributed by atoms with Crippen molar-refractivity contribution in [2.75, 3.05) is 0 Å². The second kappa shape index (κ2) is 4.94. The molecule has 0 fully saturated rings. The van der Waals surface area contributed by atoms with Gasteiger partial charge in [-0.15, -0.1) is 0 Å². The Morgan fingerprint density at radius 2 is 1.80 bits per heavy atom. The minimum Gasteiger partial charge on any atom is -0.342 e. The van der Waals surface area contributed by atoms with Crippen LogP contribution in [0.1, 0.15) is 11.4 Å². The van der Waals surface area contributed by atoms with E-state index in [1.807, 2.05) is 0 Å². The number of rotatable bonds is 2. The zero-order valence-corrected chi connectivity index (χ0v) is 11.6. The molecule has 0 radical (unpaired) electrons. The number of H-pyrrole nitrogens is 1. The van der Waals surface area contributed by atoms with E-state index in [4.69, 9.17) is 0 Å². The van der Waals surface area contributed by atoms with Gasteiger partial charge in [0.05, 0.1) is 15.5 Å². The van der Waals surface area contributed by atoms with Crippen molar-refractivity contribution >= 4 is 27.0 Å². The number of benzene rings is 2. The predicted molar refractivity (Wildman–Crippen MR) is 72.9 cm³/mol. The number of imidazole rings is 1. The monoisotopic (exact) mass is 340 g/mol. The highest BCUT2D eigenvalue weighted by atomic mass is 79.9. The summed E-state index contributed by atoms with van der Waals surface area (Å²) < 4.78 is 39.7. The quantitative estimate of drug-likeness (QED) is 0.738. The maximum absolute atomic E-state index is 13.4. The third kappa shape index (κ3) is 2.43. The average Bonchev–Trinajstić information content (AvgIpc) is 2.76. The summed E-state index contributed by atoms with van der Waals surface area (Å²) in [5, 5.41) is 0. The first-order valence-electron chi connectivity index (χ1n) is 5.80. The lowest BCUT2D eigenvalue weighted by atomic mass is 10.1. The standard InChI is InChI=1S/C14H8BrF3N2/c15-8-5-12-13(6-10(8)17)20-14(19-12)4-7-1-2-9(16)11(18)3-7/h1-3,5-6H,4H2,(H,19,20). The van der Waals surface area contributed by atoms with E-state index < -0.39 is 11.6 Å². The van der Waals surface area contributed by atoms with E-state index in [-0.39, 0.29) is 5.82 Å². The third-order valence-corrected chi connectivity index (χ3v) is 3.54. The van der Waals surface area contributed by atoms with Crippen LogP contribution in [-0.4, -0.2) is 9.97 Å². The molecule has 2 nitrogen and oxygen atoms in total. The Kier molecular flexibility index (Phi) is 3.25. The Morgan fingerprint density at radius 1 is 1.00 bits per heavy atom. The Labute approximate surface area is 120 Å². The topological polar surface area (TPSA) is 28.7 Å². The first-order chi connectivity index (χ1) is 9.52. The van der Waals surface area contributed by atoms with Crippen LogP contribution in [0.5, 0.6) is 0 Å². The van der Waals surface area contributed by atoms with E-state index in [1.54, 1.807) is 6.07 Å². The Balaban J connectivity index is 1.96. The van der Waals surface area contributed by atoms with Gasteiger partial charge in [0.1, 0.15) is 11.6 Å². The summed E-state index contributed by atoms with van der Waals surface area (Å²) in [5.74, 6) is -1.61. The molecule has 0 aliphatic heterocycles. The van der Waals surface area contributed by atoms with E-state index in [0.29, 0.717) is 33.3 Å². The van der Waals surface area contributed by atoms with Crippen LogP contribution in [0.25, 0.3) is 11.0 Å². The largest absolute Gasteiger partial charge is 0.342 e. The summed E-state index contributed by atoms with van der Waals surface area (Å²) in [7, 11) is 0. The van der Waals surface area contributed by atoms with Gasteiger partial charge in [0.15, 0.2) is 11.6 Å². The molecule has 0 amide bonds. The predicted octanol–water partition coefficient (Wildman–Crippen LogP) is 4.33. The Bertz CT molecular complexity index is 759. The smallest absolute Gasteiger partial charge is 0.159 e. The van der Waals surface area contributed by atoms with Crippen LogP contribution in [0.15, 0.2) is 34.8 Å². The minimum atomic E-state index is -0.896. The minimum absolute atomic E-state index is 0.311. The number of hydrogen-bond acceptors (Lipinski definition) is 1. The lowest BCUT2D eigenvalue weighted by molar-refractivity contribution is 0.507. The fourth-order valence-corrected chi connectivity index (χ4v) is 2.32. The molecule has 2 aromatic carbocycles. The first-order valence-corrected chi connectivity index (χ1v) is 6.60. The van der Waals surface area contributed by atoms with Gasteiger partial charge >= 0.3 is 0 Å². The molecular formula is C14H8BrF3N2. The second-order valence-corrected chi connectivity index (χ2v) is 5.25. The maximum atomic E-state index is 13.4. The van der Waals surface area contributed by atoms with Crippen molar-refractivity contribution < 1.29 is 13.2 Å². The Hall–Kier alpha value is -1.82. The summed E-state index contributed by atoms with van der Waals surface area (Å²) in [6, 6.07) is 6.59. The normalized spacial score (nSPS) is 11.2. The number of nitrogens with one attached hydrogen (secondary N) is 1. The van der Waals surface area contributed by atoms with Crippen LogP contribution in [-0.2, 0) is 6.42 Å². The van der Waals surface area contributed by atoms with Gasteiger partial charge in [-0.3, -0.25) is 0 Å². The lowest BCUT2D eigenvalue weighted by Crippen LogP contribution is -1.93. The van der Waals surface area contributed by atoms with Crippen molar-refractivity contribution in [2.45, 2.75) is 6.42 Å². The number of fused-ring (bicyclic) bond motifs is 1. The molecule has 3 rings (SSSR count). The van der Waals surface area contributed by atoms with E-state index in [1.165, 1.54) is 12.1 Å². The van der Waals surface area contributed by atoms with Gasteiger partial charge in [-0.1, -0.05) is 6.07 Å². The van der Waals surface area contributed by atoms with E-state index in [9.17, 15) is 13.2 Å². The molecule has 0 saturated heterocycles. The van der Waals surface area contributed by atoms with Gasteiger partial charge in [0, 0.05) is 12.5 Å². The van der Waals surface area contributed by atoms with Crippen LogP contribution >= 0.6 is 15.9 Å². The van der Waals surface area contributed by atoms with Gasteiger partial charge in [0.2, 0.25) is 0 Å². The molecule has 0 spiro atoms. The summed E-state index contributed by atoms with van der Waals surface area (Å²) in [6.45, 7) is 0. The number of halogens is 4. The van der Waals surface area contributed by atoms with Crippen molar-refractivity contribution in [3.05, 3.63) is 63.6 Å². The molecule has 1 aromatic heterocycles. The summed E-state index contributed by atoms with van der Waals surface area (Å²) >= 11 is 3.09. The number of aromatic amines is 1. The van der Waals surface area contributed by atoms with Crippen molar-refractivity contribution in [1.29, 1.82) is 0 Å². The lowest BCUT2D eigenvalue weighted by Gasteiger charge is -1.99. The molecule has 0 unspecified atom stereocenters. The second-order valence-electron chi connectivity index (χ2n) is 4.39. The van der Waals surface area contributed by atoms with Crippen molar-refractivity contribution in [1.82, 2.24) is 9.97 Å². The zero-order valence-electron chi connectivity index (χ0n) is 10.1. The molecule has 102 valence electrons. The van der Waals surface area contributed by atoms with Gasteiger partial charge in [-0.25, -0.2) is 18.2 Å². The van der Waals surface area contributed by atoms with Crippen LogP contribution < -0.4 is 0 Å². The van der Waals surface area contributed by atoms with E-state index in [2.05, 4.69) is 25.9 Å². The SMILES string of the molecule is Fc1ccc(Cc2nc3cc(Br)c(F)cc3[nH]2)cc1F. The maximum Gasteiger partial charge on any atom is 0.159 e. The first kappa shape index (κ1) is 13.2. The fraction of sp³-hybridized carbons (Fsp3) is 0.0714. The van der Waals surface area contributed by atoms with Crippen LogP contribution in [0.2, 0.25) is 0 Å². The van der Waals surface area contributed by atoms with Gasteiger partial charge in [-0.05, 0) is 39.7 Å². The molecule has 6 heteroatoms. The Morgan fingerprint density at radius 3 is 2.55 bits per heavy atom. The number of nitrogens with zero attached hydrogens (tertiary/aromatic N) is 1. The summed E-state index contributed by atoms with van der Waals surface area (Å²) in [5.41, 5.74) is 1.75. The number of aromatic nitrogens is 2. The van der Waals surface area contributed by atoms with Gasteiger partial charge in [-0.2, -0.15) is 0 Å². The van der Waals surface area contributed by atoms with Crippen molar-refractivity contribution in [3.63, 3.8) is 0 Å². The van der Waals surface area contributed by atoms with Gasteiger partial charge in [0.25, 0.3) is 0 Å². The molecular weight excluding hydrogens is 333 g/mol. The van der Waals surface area contributed by atoms with Crippen LogP contribution in [0.4, 0.5) is 13.2 Å². The molecule has 20 heavy (non-hydrogen) atoms. The third-order valence-electron chi connectivity index (χ3n) is 2.93. The highest BCUT2D eigenvalue weighted by Crippen LogP contribution is 2.22. The van der Waals surface area contributed by atoms with E-state index >= 15 is 0 Å². The highest BCUT2D eigenvalue weighted by Gasteiger charge is 2.09. The molecule has 0 bridgehead atoms. The molecule has 1 N–H and O–H groups in total. The number of hydrogen-bond donors (Lipinski definition) is 1.